The molecule has 1 amide bonds. The molecule has 2 unspecified atom stereocenters. The Bertz CT molecular complexity index is 864. The number of benzene rings is 2. The Morgan fingerprint density at radius 1 is 1.20 bits per heavy atom. The summed E-state index contributed by atoms with van der Waals surface area (Å²) in [6.07, 6.45) is 2.70. The van der Waals surface area contributed by atoms with E-state index in [0.29, 0.717) is 30.6 Å². The molecule has 1 aliphatic rings. The van der Waals surface area contributed by atoms with Gasteiger partial charge in [-0.1, -0.05) is 44.2 Å². The van der Waals surface area contributed by atoms with Crippen LogP contribution in [-0.2, 0) is 26.1 Å². The summed E-state index contributed by atoms with van der Waals surface area (Å²) in [7, 11) is -0.932. The highest BCUT2D eigenvalue weighted by molar-refractivity contribution is 7.84. The molecule has 2 aromatic carbocycles. The molecule has 30 heavy (non-hydrogen) atoms. The maximum Gasteiger partial charge on any atom is 0.262 e. The third-order valence-corrected chi connectivity index (χ3v) is 7.31. The van der Waals surface area contributed by atoms with Gasteiger partial charge in [-0.2, -0.15) is 0 Å². The van der Waals surface area contributed by atoms with Gasteiger partial charge in [-0.05, 0) is 54.5 Å². The molecule has 5 nitrogen and oxygen atoms in total. The summed E-state index contributed by atoms with van der Waals surface area (Å²) in [6.45, 7) is 5.61. The zero-order valence-corrected chi connectivity index (χ0v) is 18.6. The molecular formula is C24H31NO4S. The first-order chi connectivity index (χ1) is 14.6. The van der Waals surface area contributed by atoms with E-state index in [1.807, 2.05) is 48.5 Å². The van der Waals surface area contributed by atoms with Crippen molar-refractivity contribution in [3.05, 3.63) is 59.7 Å². The molecule has 0 bridgehead atoms. The minimum Gasteiger partial charge on any atom is -0.483 e. The van der Waals surface area contributed by atoms with Crippen molar-refractivity contribution in [3.8, 4) is 5.75 Å². The first-order valence-electron chi connectivity index (χ1n) is 10.6. The number of carbonyl (C=O) groups excluding carboxylic acids is 1. The van der Waals surface area contributed by atoms with E-state index in [9.17, 15) is 9.00 Å². The molecule has 1 aliphatic heterocycles. The number of para-hydroxylation sites is 1. The molecule has 0 aromatic heterocycles. The van der Waals surface area contributed by atoms with Crippen LogP contribution in [0.15, 0.2) is 48.5 Å². The minimum absolute atomic E-state index is 0.0499. The second-order valence-electron chi connectivity index (χ2n) is 7.72. The van der Waals surface area contributed by atoms with Crippen molar-refractivity contribution in [2.24, 2.45) is 0 Å². The summed E-state index contributed by atoms with van der Waals surface area (Å²) in [5, 5.41) is 3.08. The third-order valence-electron chi connectivity index (χ3n) is 5.48. The molecule has 0 radical (unpaired) electrons. The van der Waals surface area contributed by atoms with Gasteiger partial charge in [0.2, 0.25) is 0 Å². The molecular weight excluding hydrogens is 398 g/mol. The molecule has 0 spiro atoms. The van der Waals surface area contributed by atoms with E-state index in [0.717, 1.165) is 36.1 Å². The number of hydrogen-bond acceptors (Lipinski definition) is 4. The SMILES string of the molecule is CCC(C)c1ccccc1OCC(=O)Nc1cccc(CS(=O)C2CCOCC2)c1. The number of amides is 1. The van der Waals surface area contributed by atoms with Crippen LogP contribution in [0.2, 0.25) is 0 Å². The quantitative estimate of drug-likeness (QED) is 0.630. The van der Waals surface area contributed by atoms with Crippen molar-refractivity contribution in [3.63, 3.8) is 0 Å². The van der Waals surface area contributed by atoms with Gasteiger partial charge in [0, 0.05) is 40.7 Å². The monoisotopic (exact) mass is 429 g/mol. The van der Waals surface area contributed by atoms with Crippen molar-refractivity contribution >= 4 is 22.4 Å². The number of anilines is 1. The second kappa shape index (κ2) is 11.3. The summed E-state index contributed by atoms with van der Waals surface area (Å²) in [4.78, 5) is 12.4. The normalized spacial score (nSPS) is 16.6. The smallest absolute Gasteiger partial charge is 0.262 e. The van der Waals surface area contributed by atoms with E-state index in [1.54, 1.807) is 0 Å². The Morgan fingerprint density at radius 3 is 2.73 bits per heavy atom. The lowest BCUT2D eigenvalue weighted by molar-refractivity contribution is -0.118. The highest BCUT2D eigenvalue weighted by Gasteiger charge is 2.20. The predicted molar refractivity (Wildman–Crippen MR) is 121 cm³/mol. The van der Waals surface area contributed by atoms with Crippen LogP contribution >= 0.6 is 0 Å². The van der Waals surface area contributed by atoms with E-state index >= 15 is 0 Å². The zero-order valence-electron chi connectivity index (χ0n) is 17.8. The largest absolute Gasteiger partial charge is 0.483 e. The van der Waals surface area contributed by atoms with Crippen LogP contribution in [0.4, 0.5) is 5.69 Å². The van der Waals surface area contributed by atoms with Gasteiger partial charge in [-0.25, -0.2) is 0 Å². The fourth-order valence-electron chi connectivity index (χ4n) is 3.54. The Morgan fingerprint density at radius 2 is 1.97 bits per heavy atom. The van der Waals surface area contributed by atoms with Crippen LogP contribution < -0.4 is 10.1 Å². The molecule has 1 fully saturated rings. The van der Waals surface area contributed by atoms with Gasteiger partial charge >= 0.3 is 0 Å². The lowest BCUT2D eigenvalue weighted by Crippen LogP contribution is -2.25. The van der Waals surface area contributed by atoms with Crippen LogP contribution in [0.25, 0.3) is 0 Å². The van der Waals surface area contributed by atoms with Crippen molar-refractivity contribution in [1.29, 1.82) is 0 Å². The molecule has 1 heterocycles. The number of ether oxygens (including phenoxy) is 2. The highest BCUT2D eigenvalue weighted by Crippen LogP contribution is 2.28. The Hall–Kier alpha value is -2.18. The van der Waals surface area contributed by atoms with E-state index in [4.69, 9.17) is 9.47 Å². The molecule has 0 saturated carbocycles. The summed E-state index contributed by atoms with van der Waals surface area (Å²) in [5.74, 6) is 1.41. The standard InChI is InChI=1S/C24H31NO4S/c1-3-18(2)22-9-4-5-10-23(22)29-16-24(26)25-20-8-6-7-19(15-20)17-30(27)21-11-13-28-14-12-21/h4-10,15,18,21H,3,11-14,16-17H2,1-2H3,(H,25,26). The lowest BCUT2D eigenvalue weighted by Gasteiger charge is -2.21. The average molecular weight is 430 g/mol. The summed E-state index contributed by atoms with van der Waals surface area (Å²) in [5.41, 5.74) is 2.77. The van der Waals surface area contributed by atoms with Crippen LogP contribution in [0.3, 0.4) is 0 Å². The Kier molecular flexibility index (Phi) is 8.46. The first-order valence-corrected chi connectivity index (χ1v) is 12.0. The maximum absolute atomic E-state index is 12.6. The number of hydrogen-bond donors (Lipinski definition) is 1. The van der Waals surface area contributed by atoms with Gasteiger partial charge in [0.1, 0.15) is 5.75 Å². The first kappa shape index (κ1) is 22.5. The minimum atomic E-state index is -0.932. The second-order valence-corrected chi connectivity index (χ2v) is 9.44. The molecule has 0 aliphatic carbocycles. The topological polar surface area (TPSA) is 64.6 Å². The molecule has 162 valence electrons. The van der Waals surface area contributed by atoms with Gasteiger partial charge in [-0.3, -0.25) is 9.00 Å². The van der Waals surface area contributed by atoms with E-state index in [1.165, 1.54) is 0 Å². The third kappa shape index (κ3) is 6.41. The summed E-state index contributed by atoms with van der Waals surface area (Å²) < 4.78 is 23.8. The Labute approximate surface area is 181 Å². The van der Waals surface area contributed by atoms with Crippen LogP contribution in [0.1, 0.15) is 50.2 Å². The molecule has 6 heteroatoms. The molecule has 1 saturated heterocycles. The maximum atomic E-state index is 12.6. The Balaban J connectivity index is 1.54. The number of carbonyl (C=O) groups is 1. The summed E-state index contributed by atoms with van der Waals surface area (Å²) >= 11 is 0. The van der Waals surface area contributed by atoms with Crippen molar-refractivity contribution in [2.45, 2.75) is 50.0 Å². The fraction of sp³-hybridized carbons (Fsp3) is 0.458. The average Bonchev–Trinajstić information content (AvgIpc) is 2.78. The van der Waals surface area contributed by atoms with E-state index < -0.39 is 10.8 Å². The van der Waals surface area contributed by atoms with E-state index in [2.05, 4.69) is 19.2 Å². The molecule has 2 aromatic rings. The summed E-state index contributed by atoms with van der Waals surface area (Å²) in [6, 6.07) is 15.4. The van der Waals surface area contributed by atoms with Crippen molar-refractivity contribution in [1.82, 2.24) is 0 Å². The van der Waals surface area contributed by atoms with Gasteiger partial charge in [0.05, 0.1) is 0 Å². The molecule has 1 N–H and O–H groups in total. The molecule has 2 atom stereocenters. The van der Waals surface area contributed by atoms with Gasteiger partial charge in [-0.15, -0.1) is 0 Å². The predicted octanol–water partition coefficient (Wildman–Crippen LogP) is 4.65. The van der Waals surface area contributed by atoms with Crippen LogP contribution in [0, 0.1) is 0 Å². The molecule has 3 rings (SSSR count). The van der Waals surface area contributed by atoms with E-state index in [-0.39, 0.29) is 17.8 Å². The zero-order chi connectivity index (χ0) is 21.3. The van der Waals surface area contributed by atoms with Crippen LogP contribution in [-0.4, -0.2) is 35.2 Å². The van der Waals surface area contributed by atoms with Crippen molar-refractivity contribution in [2.75, 3.05) is 25.1 Å². The number of nitrogens with one attached hydrogen (secondary N) is 1. The van der Waals surface area contributed by atoms with Gasteiger partial charge in [0.15, 0.2) is 6.61 Å². The number of rotatable bonds is 9. The van der Waals surface area contributed by atoms with Crippen molar-refractivity contribution < 1.29 is 18.5 Å². The van der Waals surface area contributed by atoms with Gasteiger partial charge < -0.3 is 14.8 Å². The fourth-order valence-corrected chi connectivity index (χ4v) is 5.00. The van der Waals surface area contributed by atoms with Crippen LogP contribution in [0.5, 0.6) is 5.75 Å². The highest BCUT2D eigenvalue weighted by atomic mass is 32.2. The van der Waals surface area contributed by atoms with Gasteiger partial charge in [0.25, 0.3) is 5.91 Å². The lowest BCUT2D eigenvalue weighted by atomic mass is 9.98.